The van der Waals surface area contributed by atoms with Crippen molar-refractivity contribution in [2.75, 3.05) is 49.1 Å². The first-order valence-corrected chi connectivity index (χ1v) is 21.7. The lowest BCUT2D eigenvalue weighted by atomic mass is 9.78. The van der Waals surface area contributed by atoms with E-state index in [0.29, 0.717) is 46.2 Å². The molecule has 4 saturated heterocycles. The molecule has 1 atom stereocenters. The summed E-state index contributed by atoms with van der Waals surface area (Å²) in [7, 11) is 0. The average Bonchev–Trinajstić information content (AvgIpc) is 3.50. The molecular weight excluding hydrogens is 792 g/mol. The molecule has 4 fully saturated rings. The third-order valence-corrected chi connectivity index (χ3v) is 13.8. The van der Waals surface area contributed by atoms with E-state index in [1.165, 1.54) is 12.8 Å². The predicted octanol–water partition coefficient (Wildman–Crippen LogP) is 6.12. The molecule has 1 N–H and O–H groups in total. The molecule has 0 aliphatic carbocycles. The van der Waals surface area contributed by atoms with Crippen molar-refractivity contribution < 1.29 is 23.9 Å². The number of carbonyl (C=O) groups is 4. The normalized spacial score (nSPS) is 20.7. The summed E-state index contributed by atoms with van der Waals surface area (Å²) in [4.78, 5) is 68.3. The standard InChI is InChI=1S/C47H49ClN8O5/c1-47(2,33-21-29(25-49)22-34(48)23-33)32-3-6-38(7-4-32)61-28-35-11-16-50-46(51-35)54-19-14-36(15-20-54)53-17-12-30(13-18-53)31-26-55(27-31)37-5-8-39-40(24-37)45(60)56(44(39)59)41-9-10-42(57)52-43(41)58/h3-8,11,16,21-24,30-31,36,41H,9-10,12-15,17-20,26-28H2,1-2H3,(H,52,57,58). The molecule has 0 saturated carbocycles. The van der Waals surface area contributed by atoms with Gasteiger partial charge in [0.1, 0.15) is 18.4 Å². The molecule has 1 unspecified atom stereocenters. The second-order valence-electron chi connectivity index (χ2n) is 17.6. The van der Waals surface area contributed by atoms with E-state index in [2.05, 4.69) is 57.0 Å². The first-order chi connectivity index (χ1) is 29.4. The smallest absolute Gasteiger partial charge is 0.262 e. The number of hydrogen-bond acceptors (Lipinski definition) is 11. The molecule has 4 aromatic rings. The van der Waals surface area contributed by atoms with Crippen LogP contribution < -0.4 is 19.9 Å². The highest BCUT2D eigenvalue weighted by atomic mass is 35.5. The number of anilines is 2. The van der Waals surface area contributed by atoms with Gasteiger partial charge in [0.25, 0.3) is 11.8 Å². The summed E-state index contributed by atoms with van der Waals surface area (Å²) in [5, 5.41) is 12.2. The maximum absolute atomic E-state index is 13.3. The van der Waals surface area contributed by atoms with E-state index in [1.807, 2.05) is 42.6 Å². The molecule has 5 aliphatic heterocycles. The molecule has 61 heavy (non-hydrogen) atoms. The predicted molar refractivity (Wildman–Crippen MR) is 229 cm³/mol. The number of imide groups is 2. The van der Waals surface area contributed by atoms with Crippen LogP contribution in [0.1, 0.15) is 95.5 Å². The first-order valence-electron chi connectivity index (χ1n) is 21.3. The van der Waals surface area contributed by atoms with Gasteiger partial charge >= 0.3 is 0 Å². The van der Waals surface area contributed by atoms with Crippen LogP contribution in [-0.4, -0.2) is 94.7 Å². The SMILES string of the molecule is CC(C)(c1ccc(OCc2ccnc(N3CCC(N4CCC(C5CN(c6ccc7c(c6)C(=O)N(C6CCC(=O)NC6=O)C7=O)C5)CC4)CC3)n2)cc1)c1cc(Cl)cc(C#N)c1. The zero-order valence-electron chi connectivity index (χ0n) is 34.5. The van der Waals surface area contributed by atoms with Crippen LogP contribution in [0.15, 0.2) is 72.9 Å². The topological polar surface area (TPSA) is 152 Å². The number of nitrogens with zero attached hydrogens (tertiary/aromatic N) is 7. The molecule has 4 amide bonds. The van der Waals surface area contributed by atoms with Crippen LogP contribution in [-0.2, 0) is 21.6 Å². The summed E-state index contributed by atoms with van der Waals surface area (Å²) in [5.41, 5.74) is 4.65. The first kappa shape index (κ1) is 40.6. The molecule has 5 aliphatic rings. The fourth-order valence-corrected chi connectivity index (χ4v) is 10.0. The fourth-order valence-electron chi connectivity index (χ4n) is 9.79. The van der Waals surface area contributed by atoms with Crippen molar-refractivity contribution in [2.45, 2.75) is 76.5 Å². The average molecular weight is 841 g/mol. The van der Waals surface area contributed by atoms with E-state index in [-0.39, 0.29) is 24.2 Å². The third-order valence-electron chi connectivity index (χ3n) is 13.6. The Bertz CT molecular complexity index is 2410. The minimum absolute atomic E-state index is 0.101. The summed E-state index contributed by atoms with van der Waals surface area (Å²) in [5.74, 6) is 0.820. The Kier molecular flexibility index (Phi) is 11.0. The Hall–Kier alpha value is -5.84. The molecule has 13 nitrogen and oxygen atoms in total. The van der Waals surface area contributed by atoms with Gasteiger partial charge in [0.15, 0.2) is 0 Å². The summed E-state index contributed by atoms with van der Waals surface area (Å²) in [6.07, 6.45) is 6.55. The van der Waals surface area contributed by atoms with Gasteiger partial charge < -0.3 is 19.4 Å². The van der Waals surface area contributed by atoms with E-state index in [0.717, 1.165) is 91.2 Å². The van der Waals surface area contributed by atoms with Crippen LogP contribution in [0, 0.1) is 23.2 Å². The summed E-state index contributed by atoms with van der Waals surface area (Å²) in [6.45, 7) is 10.4. The quantitative estimate of drug-likeness (QED) is 0.184. The van der Waals surface area contributed by atoms with E-state index >= 15 is 0 Å². The monoisotopic (exact) mass is 840 g/mol. The Morgan fingerprint density at radius 3 is 2.28 bits per heavy atom. The Balaban J connectivity index is 0.718. The number of rotatable bonds is 10. The van der Waals surface area contributed by atoms with Crippen molar-refractivity contribution >= 4 is 46.9 Å². The Labute approximate surface area is 360 Å². The molecule has 1 aromatic heterocycles. The molecule has 314 valence electrons. The number of piperidine rings is 3. The van der Waals surface area contributed by atoms with Gasteiger partial charge in [-0.3, -0.25) is 29.4 Å². The van der Waals surface area contributed by atoms with Crippen LogP contribution in [0.3, 0.4) is 0 Å². The maximum Gasteiger partial charge on any atom is 0.262 e. The lowest BCUT2D eigenvalue weighted by molar-refractivity contribution is -0.136. The van der Waals surface area contributed by atoms with Crippen molar-refractivity contribution in [1.82, 2.24) is 25.1 Å². The van der Waals surface area contributed by atoms with E-state index < -0.39 is 23.8 Å². The number of hydrogen-bond donors (Lipinski definition) is 1. The van der Waals surface area contributed by atoms with Gasteiger partial charge in [0.05, 0.1) is 28.5 Å². The van der Waals surface area contributed by atoms with Crippen molar-refractivity contribution in [2.24, 2.45) is 11.8 Å². The van der Waals surface area contributed by atoms with Gasteiger partial charge in [-0.25, -0.2) is 9.97 Å². The van der Waals surface area contributed by atoms with Gasteiger partial charge in [0, 0.05) is 61.0 Å². The van der Waals surface area contributed by atoms with Crippen LogP contribution >= 0.6 is 11.6 Å². The Morgan fingerprint density at radius 2 is 1.56 bits per heavy atom. The maximum atomic E-state index is 13.3. The summed E-state index contributed by atoms with van der Waals surface area (Å²) >= 11 is 6.31. The van der Waals surface area contributed by atoms with Gasteiger partial charge in [-0.1, -0.05) is 37.6 Å². The zero-order chi connectivity index (χ0) is 42.4. The van der Waals surface area contributed by atoms with Crippen LogP contribution in [0.2, 0.25) is 5.02 Å². The zero-order valence-corrected chi connectivity index (χ0v) is 35.2. The largest absolute Gasteiger partial charge is 0.487 e. The Morgan fingerprint density at radius 1 is 0.820 bits per heavy atom. The number of amides is 4. The minimum Gasteiger partial charge on any atom is -0.487 e. The molecule has 0 spiro atoms. The summed E-state index contributed by atoms with van der Waals surface area (Å²) < 4.78 is 6.15. The van der Waals surface area contributed by atoms with E-state index in [9.17, 15) is 24.4 Å². The van der Waals surface area contributed by atoms with Crippen molar-refractivity contribution in [3.8, 4) is 11.8 Å². The van der Waals surface area contributed by atoms with Crippen LogP contribution in [0.25, 0.3) is 0 Å². The van der Waals surface area contributed by atoms with Crippen LogP contribution in [0.5, 0.6) is 5.75 Å². The molecule has 3 aromatic carbocycles. The summed E-state index contributed by atoms with van der Waals surface area (Å²) in [6, 6.07) is 22.6. The highest BCUT2D eigenvalue weighted by molar-refractivity contribution is 6.30. The van der Waals surface area contributed by atoms with Gasteiger partial charge in [0.2, 0.25) is 17.8 Å². The fraction of sp³-hybridized carbons (Fsp3) is 0.426. The van der Waals surface area contributed by atoms with E-state index in [4.69, 9.17) is 21.3 Å². The number of ether oxygens (including phenoxy) is 1. The highest BCUT2D eigenvalue weighted by Gasteiger charge is 2.45. The molecular formula is C47H49ClN8O5. The molecule has 0 radical (unpaired) electrons. The number of halogens is 1. The van der Waals surface area contributed by atoms with E-state index in [1.54, 1.807) is 18.2 Å². The number of fused-ring (bicyclic) bond motifs is 1. The third kappa shape index (κ3) is 8.07. The van der Waals surface area contributed by atoms with Crippen molar-refractivity contribution in [1.29, 1.82) is 5.26 Å². The number of aromatic nitrogens is 2. The van der Waals surface area contributed by atoms with Gasteiger partial charge in [-0.2, -0.15) is 5.26 Å². The second-order valence-corrected chi connectivity index (χ2v) is 18.0. The number of likely N-dealkylation sites (tertiary alicyclic amines) is 1. The lowest BCUT2D eigenvalue weighted by Gasteiger charge is -2.48. The second kappa shape index (κ2) is 16.6. The minimum atomic E-state index is -0.960. The van der Waals surface area contributed by atoms with Gasteiger partial charge in [-0.05, 0) is 123 Å². The highest BCUT2D eigenvalue weighted by Crippen LogP contribution is 2.39. The molecule has 9 rings (SSSR count). The van der Waals surface area contributed by atoms with Crippen molar-refractivity contribution in [3.05, 3.63) is 111 Å². The lowest BCUT2D eigenvalue weighted by Crippen LogP contribution is -2.54. The van der Waals surface area contributed by atoms with Crippen LogP contribution in [0.4, 0.5) is 11.6 Å². The van der Waals surface area contributed by atoms with Crippen molar-refractivity contribution in [3.63, 3.8) is 0 Å². The van der Waals surface area contributed by atoms with Gasteiger partial charge in [-0.15, -0.1) is 0 Å². The molecule has 14 heteroatoms. The number of nitrogens with one attached hydrogen (secondary N) is 1. The number of benzene rings is 3. The number of nitriles is 1. The molecule has 0 bridgehead atoms. The number of carbonyl (C=O) groups excluding carboxylic acids is 4. The molecule has 6 heterocycles.